The van der Waals surface area contributed by atoms with E-state index in [2.05, 4.69) is 0 Å². The normalized spacial score (nSPS) is 10.8. The molecule has 0 saturated carbocycles. The Hall–Kier alpha value is -3.61. The minimum absolute atomic E-state index is 0.0921. The van der Waals surface area contributed by atoms with E-state index in [0.29, 0.717) is 11.3 Å². The highest BCUT2D eigenvalue weighted by Gasteiger charge is 2.20. The van der Waals surface area contributed by atoms with Gasteiger partial charge in [0.1, 0.15) is 11.3 Å². The summed E-state index contributed by atoms with van der Waals surface area (Å²) >= 11 is 0. The maximum atomic E-state index is 12.5. The van der Waals surface area contributed by atoms with E-state index >= 15 is 0 Å². The Morgan fingerprint density at radius 3 is 2.47 bits per heavy atom. The Balaban J connectivity index is 1.57. The van der Waals surface area contributed by atoms with Crippen LogP contribution >= 0.6 is 0 Å². The van der Waals surface area contributed by atoms with Gasteiger partial charge in [0.05, 0.1) is 0 Å². The number of hydrogen-bond donors (Lipinski definition) is 0. The van der Waals surface area contributed by atoms with Crippen LogP contribution in [0.5, 0.6) is 5.75 Å². The molecule has 0 radical (unpaired) electrons. The topological polar surface area (TPSA) is 86.0 Å². The predicted molar refractivity (Wildman–Crippen MR) is 113 cm³/mol. The molecule has 0 aliphatic heterocycles. The van der Waals surface area contributed by atoms with E-state index in [9.17, 15) is 14.4 Å². The maximum absolute atomic E-state index is 12.5. The second-order valence-corrected chi connectivity index (χ2v) is 7.05. The molecule has 30 heavy (non-hydrogen) atoms. The molecule has 3 aromatic rings. The average molecular weight is 409 g/mol. The van der Waals surface area contributed by atoms with Gasteiger partial charge in [-0.2, -0.15) is 0 Å². The minimum Gasteiger partial charge on any atom is -0.482 e. The molecule has 2 aromatic carbocycles. The number of nitrogens with zero attached hydrogens (tertiary/aromatic N) is 1. The molecule has 0 unspecified atom stereocenters. The van der Waals surface area contributed by atoms with Crippen LogP contribution in [0.1, 0.15) is 19.4 Å². The smallest absolute Gasteiger partial charge is 0.344 e. The molecule has 0 fully saturated rings. The number of hydrogen-bond acceptors (Lipinski definition) is 6. The van der Waals surface area contributed by atoms with Crippen molar-refractivity contribution in [1.29, 1.82) is 0 Å². The third-order valence-electron chi connectivity index (χ3n) is 4.46. The number of ether oxygens (including phenoxy) is 2. The largest absolute Gasteiger partial charge is 0.482 e. The third kappa shape index (κ3) is 5.05. The van der Waals surface area contributed by atoms with E-state index < -0.39 is 11.6 Å². The molecule has 0 atom stereocenters. The number of rotatable bonds is 7. The van der Waals surface area contributed by atoms with Crippen LogP contribution in [0.25, 0.3) is 11.0 Å². The molecular weight excluding hydrogens is 386 g/mol. The van der Waals surface area contributed by atoms with Crippen LogP contribution in [0.2, 0.25) is 0 Å². The summed E-state index contributed by atoms with van der Waals surface area (Å²) in [4.78, 5) is 37.7. The number of carbonyl (C=O) groups excluding carboxylic acids is 2. The quantitative estimate of drug-likeness (QED) is 0.439. The van der Waals surface area contributed by atoms with Crippen molar-refractivity contribution in [2.75, 3.05) is 18.1 Å². The van der Waals surface area contributed by atoms with Gasteiger partial charge in [-0.15, -0.1) is 0 Å². The van der Waals surface area contributed by atoms with Gasteiger partial charge < -0.3 is 18.8 Å². The van der Waals surface area contributed by atoms with E-state index in [-0.39, 0.29) is 25.2 Å². The molecule has 0 saturated heterocycles. The van der Waals surface area contributed by atoms with E-state index in [0.717, 1.165) is 16.6 Å². The van der Waals surface area contributed by atoms with Gasteiger partial charge in [0.15, 0.2) is 13.2 Å². The Labute approximate surface area is 173 Å². The SMILES string of the molecule is Cc1cc(=O)oc2cc(OCC(=O)OCC(=O)N(c3ccccc3)C(C)C)ccc12. The zero-order chi connectivity index (χ0) is 21.7. The highest BCUT2D eigenvalue weighted by Crippen LogP contribution is 2.22. The first-order chi connectivity index (χ1) is 14.3. The number of esters is 1. The maximum Gasteiger partial charge on any atom is 0.344 e. The summed E-state index contributed by atoms with van der Waals surface area (Å²) in [6.07, 6.45) is 0. The van der Waals surface area contributed by atoms with Gasteiger partial charge in [-0.3, -0.25) is 4.79 Å². The van der Waals surface area contributed by atoms with E-state index in [4.69, 9.17) is 13.9 Å². The fourth-order valence-electron chi connectivity index (χ4n) is 3.11. The van der Waals surface area contributed by atoms with Crippen molar-refractivity contribution >= 4 is 28.5 Å². The van der Waals surface area contributed by atoms with Crippen molar-refractivity contribution in [3.63, 3.8) is 0 Å². The number of para-hydroxylation sites is 1. The van der Waals surface area contributed by atoms with Crippen molar-refractivity contribution in [1.82, 2.24) is 0 Å². The molecule has 1 aromatic heterocycles. The first kappa shape index (κ1) is 21.1. The molecule has 0 aliphatic rings. The number of carbonyl (C=O) groups is 2. The summed E-state index contributed by atoms with van der Waals surface area (Å²) < 4.78 is 15.7. The second kappa shape index (κ2) is 9.26. The lowest BCUT2D eigenvalue weighted by atomic mass is 10.1. The molecule has 1 heterocycles. The van der Waals surface area contributed by atoms with E-state index in [1.54, 1.807) is 17.0 Å². The van der Waals surface area contributed by atoms with Gasteiger partial charge in [-0.1, -0.05) is 18.2 Å². The third-order valence-corrected chi connectivity index (χ3v) is 4.46. The Morgan fingerprint density at radius 1 is 1.03 bits per heavy atom. The van der Waals surface area contributed by atoms with Crippen molar-refractivity contribution in [3.05, 3.63) is 70.6 Å². The Morgan fingerprint density at radius 2 is 1.77 bits per heavy atom. The Bertz CT molecular complexity index is 1100. The van der Waals surface area contributed by atoms with Crippen molar-refractivity contribution in [2.45, 2.75) is 26.8 Å². The molecule has 7 heteroatoms. The van der Waals surface area contributed by atoms with Gasteiger partial charge in [0.25, 0.3) is 5.91 Å². The fourth-order valence-corrected chi connectivity index (χ4v) is 3.11. The summed E-state index contributed by atoms with van der Waals surface area (Å²) in [5.74, 6) is -0.647. The number of amides is 1. The number of fused-ring (bicyclic) bond motifs is 1. The molecule has 0 spiro atoms. The zero-order valence-electron chi connectivity index (χ0n) is 17.1. The molecule has 1 amide bonds. The summed E-state index contributed by atoms with van der Waals surface area (Å²) in [7, 11) is 0. The molecule has 0 aliphatic carbocycles. The lowest BCUT2D eigenvalue weighted by molar-refractivity contribution is -0.149. The van der Waals surface area contributed by atoms with Crippen LogP contribution in [0.4, 0.5) is 5.69 Å². The molecule has 0 N–H and O–H groups in total. The van der Waals surface area contributed by atoms with Crippen LogP contribution in [0, 0.1) is 6.92 Å². The second-order valence-electron chi connectivity index (χ2n) is 7.05. The van der Waals surface area contributed by atoms with Crippen molar-refractivity contribution in [3.8, 4) is 5.75 Å². The van der Waals surface area contributed by atoms with Crippen molar-refractivity contribution in [2.24, 2.45) is 0 Å². The zero-order valence-corrected chi connectivity index (χ0v) is 17.1. The van der Waals surface area contributed by atoms with E-state index in [1.165, 1.54) is 12.1 Å². The summed E-state index contributed by atoms with van der Waals surface area (Å²) in [5.41, 5.74) is 1.44. The van der Waals surface area contributed by atoms with Gasteiger partial charge in [0, 0.05) is 29.2 Å². The molecule has 3 rings (SSSR count). The number of benzene rings is 2. The molecule has 156 valence electrons. The summed E-state index contributed by atoms with van der Waals surface area (Å²) in [6, 6.07) is 15.5. The molecular formula is C23H23NO6. The highest BCUT2D eigenvalue weighted by molar-refractivity contribution is 5.95. The van der Waals surface area contributed by atoms with Crippen LogP contribution in [0.3, 0.4) is 0 Å². The summed E-state index contributed by atoms with van der Waals surface area (Å²) in [6.45, 7) is 4.82. The van der Waals surface area contributed by atoms with E-state index in [1.807, 2.05) is 51.1 Å². The standard InChI is InChI=1S/C23H23NO6/c1-15(2)24(17-7-5-4-6-8-17)21(25)13-29-23(27)14-28-18-9-10-19-16(3)11-22(26)30-20(19)12-18/h4-12,15H,13-14H2,1-3H3. The monoisotopic (exact) mass is 409 g/mol. The van der Waals surface area contributed by atoms with Gasteiger partial charge >= 0.3 is 11.6 Å². The Kier molecular flexibility index (Phi) is 6.51. The number of aryl methyl sites for hydroxylation is 1. The first-order valence-electron chi connectivity index (χ1n) is 9.55. The first-order valence-corrected chi connectivity index (χ1v) is 9.55. The summed E-state index contributed by atoms with van der Waals surface area (Å²) in [5, 5.41) is 0.782. The van der Waals surface area contributed by atoms with Crippen LogP contribution in [-0.4, -0.2) is 31.1 Å². The molecule has 0 bridgehead atoms. The predicted octanol–water partition coefficient (Wildman–Crippen LogP) is 3.47. The number of anilines is 1. The van der Waals surface area contributed by atoms with Gasteiger partial charge in [-0.05, 0) is 50.6 Å². The van der Waals surface area contributed by atoms with Crippen molar-refractivity contribution < 1.29 is 23.5 Å². The highest BCUT2D eigenvalue weighted by atomic mass is 16.6. The molecule has 7 nitrogen and oxygen atoms in total. The lowest BCUT2D eigenvalue weighted by Gasteiger charge is -2.26. The minimum atomic E-state index is -0.675. The fraction of sp³-hybridized carbons (Fsp3) is 0.261. The van der Waals surface area contributed by atoms with Crippen LogP contribution < -0.4 is 15.3 Å². The van der Waals surface area contributed by atoms with Gasteiger partial charge in [-0.25, -0.2) is 9.59 Å². The van der Waals surface area contributed by atoms with Crippen LogP contribution in [-0.2, 0) is 14.3 Å². The van der Waals surface area contributed by atoms with Gasteiger partial charge in [0.2, 0.25) is 0 Å². The van der Waals surface area contributed by atoms with Crippen LogP contribution in [0.15, 0.2) is 63.8 Å². The average Bonchev–Trinajstić information content (AvgIpc) is 2.71. The lowest BCUT2D eigenvalue weighted by Crippen LogP contribution is -2.40.